The Morgan fingerprint density at radius 3 is 2.64 bits per heavy atom. The summed E-state index contributed by atoms with van der Waals surface area (Å²) in [4.78, 5) is 33.2. The van der Waals surface area contributed by atoms with Gasteiger partial charge in [0.1, 0.15) is 0 Å². The molecule has 0 atom stereocenters. The fourth-order valence-corrected chi connectivity index (χ4v) is 0.948. The van der Waals surface area contributed by atoms with E-state index in [1.54, 1.807) is 6.92 Å². The van der Waals surface area contributed by atoms with Crippen LogP contribution in [0.5, 0.6) is 0 Å². The molecule has 1 rings (SSSR count). The zero-order valence-corrected chi connectivity index (χ0v) is 7.86. The van der Waals surface area contributed by atoms with E-state index in [1.165, 1.54) is 6.92 Å². The van der Waals surface area contributed by atoms with Crippen LogP contribution < -0.4 is 5.43 Å². The Kier molecular flexibility index (Phi) is 2.85. The van der Waals surface area contributed by atoms with Crippen molar-refractivity contribution < 1.29 is 19.1 Å². The normalized spacial score (nSPS) is 15.6. The predicted octanol–water partition coefficient (Wildman–Crippen LogP) is -0.0374. The lowest BCUT2D eigenvalue weighted by atomic mass is 10.3. The molecule has 1 aliphatic rings. The Morgan fingerprint density at radius 1 is 1.57 bits per heavy atom. The molecule has 0 saturated heterocycles. The maximum absolute atomic E-state index is 11.2. The third-order valence-electron chi connectivity index (χ3n) is 1.58. The number of hydrogen-bond acceptors (Lipinski definition) is 4. The smallest absolute Gasteiger partial charge is 0.426 e. The van der Waals surface area contributed by atoms with E-state index in [1.807, 2.05) is 5.43 Å². The van der Waals surface area contributed by atoms with Gasteiger partial charge < -0.3 is 4.74 Å². The molecule has 3 amide bonds. The number of amides is 3. The van der Waals surface area contributed by atoms with Crippen LogP contribution in [0.25, 0.3) is 0 Å². The van der Waals surface area contributed by atoms with Gasteiger partial charge in [-0.1, -0.05) is 0 Å². The first-order valence-corrected chi connectivity index (χ1v) is 4.06. The number of carbonyl (C=O) groups excluding carboxylic acids is 3. The third-order valence-corrected chi connectivity index (χ3v) is 1.58. The molecule has 0 aromatic rings. The topological polar surface area (TPSA) is 75.7 Å². The van der Waals surface area contributed by atoms with E-state index in [0.29, 0.717) is 5.01 Å². The molecule has 0 aliphatic carbocycles. The Balaban J connectivity index is 2.60. The summed E-state index contributed by atoms with van der Waals surface area (Å²) in [6, 6.07) is 0. The van der Waals surface area contributed by atoms with Crippen molar-refractivity contribution in [3.8, 4) is 0 Å². The van der Waals surface area contributed by atoms with Gasteiger partial charge >= 0.3 is 6.09 Å². The second-order valence-corrected chi connectivity index (χ2v) is 2.64. The van der Waals surface area contributed by atoms with Crippen molar-refractivity contribution in [3.63, 3.8) is 0 Å². The third kappa shape index (κ3) is 1.90. The summed E-state index contributed by atoms with van der Waals surface area (Å²) in [5.41, 5.74) is 2.31. The Labute approximate surface area is 80.5 Å². The van der Waals surface area contributed by atoms with Crippen LogP contribution >= 0.6 is 0 Å². The summed E-state index contributed by atoms with van der Waals surface area (Å²) >= 11 is 0. The number of nitrogens with zero attached hydrogens (tertiary/aromatic N) is 1. The standard InChI is InChI=1S/C8H10N2O4/c1-3-14-8(13)9-10-6(11)4-5(2)7(10)12/h4H,3H2,1-2H3,(H,9,13). The summed E-state index contributed by atoms with van der Waals surface area (Å²) in [5, 5.41) is 0.618. The molecule has 0 aromatic heterocycles. The molecule has 0 unspecified atom stereocenters. The van der Waals surface area contributed by atoms with Gasteiger partial charge in [0, 0.05) is 11.6 Å². The lowest BCUT2D eigenvalue weighted by Gasteiger charge is -2.14. The second kappa shape index (κ2) is 3.91. The van der Waals surface area contributed by atoms with E-state index in [9.17, 15) is 14.4 Å². The van der Waals surface area contributed by atoms with E-state index in [0.717, 1.165) is 6.08 Å². The summed E-state index contributed by atoms with van der Waals surface area (Å²) in [6.45, 7) is 3.29. The number of hydrazine groups is 1. The van der Waals surface area contributed by atoms with Gasteiger partial charge in [0.05, 0.1) is 6.61 Å². The van der Waals surface area contributed by atoms with Crippen molar-refractivity contribution in [2.24, 2.45) is 0 Å². The lowest BCUT2D eigenvalue weighted by Crippen LogP contribution is -2.46. The molecule has 76 valence electrons. The zero-order valence-electron chi connectivity index (χ0n) is 7.86. The maximum atomic E-state index is 11.2. The molecule has 0 aromatic carbocycles. The molecular weight excluding hydrogens is 188 g/mol. The maximum Gasteiger partial charge on any atom is 0.426 e. The van der Waals surface area contributed by atoms with Crippen LogP contribution in [-0.2, 0) is 14.3 Å². The van der Waals surface area contributed by atoms with Crippen molar-refractivity contribution in [3.05, 3.63) is 11.6 Å². The zero-order chi connectivity index (χ0) is 10.7. The Hall–Kier alpha value is -1.85. The molecule has 1 aliphatic heterocycles. The van der Waals surface area contributed by atoms with Crippen molar-refractivity contribution in [2.45, 2.75) is 13.8 Å². The van der Waals surface area contributed by atoms with Crippen LogP contribution in [0.3, 0.4) is 0 Å². The fraction of sp³-hybridized carbons (Fsp3) is 0.375. The van der Waals surface area contributed by atoms with E-state index in [-0.39, 0.29) is 12.2 Å². The summed E-state index contributed by atoms with van der Waals surface area (Å²) in [6.07, 6.45) is 0.325. The number of hydrogen-bond donors (Lipinski definition) is 1. The minimum absolute atomic E-state index is 0.175. The van der Waals surface area contributed by atoms with Crippen LogP contribution in [0.4, 0.5) is 4.79 Å². The molecule has 0 radical (unpaired) electrons. The number of rotatable bonds is 2. The highest BCUT2D eigenvalue weighted by Gasteiger charge is 2.30. The highest BCUT2D eigenvalue weighted by molar-refractivity contribution is 6.16. The molecular formula is C8H10N2O4. The highest BCUT2D eigenvalue weighted by atomic mass is 16.6. The largest absolute Gasteiger partial charge is 0.449 e. The number of nitrogens with one attached hydrogen (secondary N) is 1. The average molecular weight is 198 g/mol. The Bertz CT molecular complexity index is 321. The first kappa shape index (κ1) is 10.2. The molecule has 0 fully saturated rings. The quantitative estimate of drug-likeness (QED) is 0.632. The van der Waals surface area contributed by atoms with Crippen LogP contribution in [0.2, 0.25) is 0 Å². The first-order chi connectivity index (χ1) is 6.56. The molecule has 14 heavy (non-hydrogen) atoms. The van der Waals surface area contributed by atoms with E-state index >= 15 is 0 Å². The van der Waals surface area contributed by atoms with Crippen LogP contribution in [0.1, 0.15) is 13.8 Å². The van der Waals surface area contributed by atoms with E-state index in [2.05, 4.69) is 4.74 Å². The monoisotopic (exact) mass is 198 g/mol. The molecule has 0 saturated carbocycles. The van der Waals surface area contributed by atoms with Crippen LogP contribution in [0.15, 0.2) is 11.6 Å². The molecule has 6 heteroatoms. The summed E-state index contributed by atoms with van der Waals surface area (Å²) in [5.74, 6) is -1.11. The highest BCUT2D eigenvalue weighted by Crippen LogP contribution is 2.08. The van der Waals surface area contributed by atoms with Crippen molar-refractivity contribution in [1.29, 1.82) is 0 Å². The first-order valence-electron chi connectivity index (χ1n) is 4.06. The summed E-state index contributed by atoms with van der Waals surface area (Å²) < 4.78 is 4.52. The predicted molar refractivity (Wildman–Crippen MR) is 45.8 cm³/mol. The van der Waals surface area contributed by atoms with Gasteiger partial charge in [-0.15, -0.1) is 0 Å². The molecule has 1 heterocycles. The van der Waals surface area contributed by atoms with Gasteiger partial charge in [-0.05, 0) is 13.8 Å². The summed E-state index contributed by atoms with van der Waals surface area (Å²) in [7, 11) is 0. The average Bonchev–Trinajstić information content (AvgIpc) is 2.33. The van der Waals surface area contributed by atoms with Crippen molar-refractivity contribution in [1.82, 2.24) is 10.4 Å². The minimum atomic E-state index is -0.822. The van der Waals surface area contributed by atoms with Gasteiger partial charge in [-0.2, -0.15) is 5.01 Å². The van der Waals surface area contributed by atoms with Gasteiger partial charge in [-0.25, -0.2) is 10.2 Å². The SMILES string of the molecule is CCOC(=O)NN1C(=O)C=C(C)C1=O. The molecule has 0 spiro atoms. The number of carbonyl (C=O) groups is 3. The van der Waals surface area contributed by atoms with Crippen LogP contribution in [0, 0.1) is 0 Å². The van der Waals surface area contributed by atoms with Gasteiger partial charge in [0.2, 0.25) is 0 Å². The van der Waals surface area contributed by atoms with Crippen molar-refractivity contribution in [2.75, 3.05) is 6.61 Å². The molecule has 6 nitrogen and oxygen atoms in total. The number of imide groups is 1. The fourth-order valence-electron chi connectivity index (χ4n) is 0.948. The van der Waals surface area contributed by atoms with Crippen molar-refractivity contribution >= 4 is 17.9 Å². The Morgan fingerprint density at radius 2 is 2.21 bits per heavy atom. The van der Waals surface area contributed by atoms with Gasteiger partial charge in [0.15, 0.2) is 0 Å². The minimum Gasteiger partial charge on any atom is -0.449 e. The van der Waals surface area contributed by atoms with E-state index < -0.39 is 17.9 Å². The molecule has 1 N–H and O–H groups in total. The van der Waals surface area contributed by atoms with E-state index in [4.69, 9.17) is 0 Å². The lowest BCUT2D eigenvalue weighted by molar-refractivity contribution is -0.140. The number of ether oxygens (including phenoxy) is 1. The second-order valence-electron chi connectivity index (χ2n) is 2.64. The van der Waals surface area contributed by atoms with Gasteiger partial charge in [-0.3, -0.25) is 9.59 Å². The molecule has 0 bridgehead atoms. The van der Waals surface area contributed by atoms with Gasteiger partial charge in [0.25, 0.3) is 11.8 Å². The van der Waals surface area contributed by atoms with Crippen LogP contribution in [-0.4, -0.2) is 29.5 Å².